The second kappa shape index (κ2) is 9.21. The second-order valence-corrected chi connectivity index (χ2v) is 6.97. The monoisotopic (exact) mass is 364 g/mol. The summed E-state index contributed by atoms with van der Waals surface area (Å²) in [6, 6.07) is 20.0. The number of carbonyl (C=O) groups excluding carboxylic acids is 1. The third-order valence-electron chi connectivity index (χ3n) is 5.03. The van der Waals surface area contributed by atoms with Crippen LogP contribution in [0.2, 0.25) is 0 Å². The summed E-state index contributed by atoms with van der Waals surface area (Å²) in [5.41, 5.74) is 2.35. The molecule has 142 valence electrons. The van der Waals surface area contributed by atoms with Gasteiger partial charge in [0.25, 0.3) is 5.91 Å². The van der Waals surface area contributed by atoms with Gasteiger partial charge in [0.05, 0.1) is 0 Å². The summed E-state index contributed by atoms with van der Waals surface area (Å²) in [4.78, 5) is 16.3. The zero-order valence-electron chi connectivity index (χ0n) is 15.9. The van der Waals surface area contributed by atoms with E-state index in [0.29, 0.717) is 12.1 Å². The lowest BCUT2D eigenvalue weighted by molar-refractivity contribution is 0.0953. The van der Waals surface area contributed by atoms with Gasteiger partial charge in [-0.15, -0.1) is 0 Å². The van der Waals surface area contributed by atoms with E-state index < -0.39 is 0 Å². The fraction of sp³-hybridized carbons (Fsp3) is 0.364. The van der Waals surface area contributed by atoms with E-state index >= 15 is 0 Å². The van der Waals surface area contributed by atoms with Crippen LogP contribution in [-0.4, -0.2) is 38.5 Å². The molecule has 0 saturated heterocycles. The first-order valence-electron chi connectivity index (χ1n) is 9.57. The van der Waals surface area contributed by atoms with Crippen LogP contribution < -0.4 is 16.0 Å². The van der Waals surface area contributed by atoms with Gasteiger partial charge in [-0.3, -0.25) is 9.79 Å². The van der Waals surface area contributed by atoms with Gasteiger partial charge < -0.3 is 16.0 Å². The van der Waals surface area contributed by atoms with Crippen molar-refractivity contribution in [1.82, 2.24) is 16.0 Å². The van der Waals surface area contributed by atoms with Gasteiger partial charge in [-0.25, -0.2) is 0 Å². The molecule has 1 aliphatic carbocycles. The first-order valence-corrected chi connectivity index (χ1v) is 9.57. The summed E-state index contributed by atoms with van der Waals surface area (Å²) in [7, 11) is 1.79. The number of amides is 1. The molecule has 0 atom stereocenters. The van der Waals surface area contributed by atoms with Crippen molar-refractivity contribution in [1.29, 1.82) is 0 Å². The van der Waals surface area contributed by atoms with Crippen molar-refractivity contribution in [2.45, 2.75) is 24.7 Å². The number of carbonyl (C=O) groups is 1. The number of nitrogens with zero attached hydrogens (tertiary/aromatic N) is 1. The Morgan fingerprint density at radius 1 is 0.926 bits per heavy atom. The smallest absolute Gasteiger partial charge is 0.251 e. The van der Waals surface area contributed by atoms with E-state index in [4.69, 9.17) is 0 Å². The van der Waals surface area contributed by atoms with Crippen molar-refractivity contribution in [2.75, 3.05) is 26.7 Å². The van der Waals surface area contributed by atoms with Crippen molar-refractivity contribution in [3.05, 3.63) is 71.8 Å². The maximum Gasteiger partial charge on any atom is 0.251 e. The molecule has 1 saturated carbocycles. The molecule has 0 bridgehead atoms. The lowest BCUT2D eigenvalue weighted by Gasteiger charge is -2.19. The normalized spacial score (nSPS) is 15.1. The van der Waals surface area contributed by atoms with Crippen LogP contribution in [0.15, 0.2) is 65.7 Å². The van der Waals surface area contributed by atoms with Crippen LogP contribution in [0.4, 0.5) is 0 Å². The standard InChI is InChI=1S/C22H28N4O/c1-23-21(26-17-22(13-14-22)19-11-6-3-7-12-19)25-16-8-15-24-20(27)18-9-4-2-5-10-18/h2-7,9-12H,8,13-17H2,1H3,(H,24,27)(H2,23,25,26). The van der Waals surface area contributed by atoms with Crippen LogP contribution in [0.3, 0.4) is 0 Å². The summed E-state index contributed by atoms with van der Waals surface area (Å²) < 4.78 is 0. The first-order chi connectivity index (χ1) is 13.2. The van der Waals surface area contributed by atoms with Crippen LogP contribution >= 0.6 is 0 Å². The van der Waals surface area contributed by atoms with Gasteiger partial charge in [0.15, 0.2) is 5.96 Å². The van der Waals surface area contributed by atoms with Crippen LogP contribution in [-0.2, 0) is 5.41 Å². The SMILES string of the molecule is CN=C(NCCCNC(=O)c1ccccc1)NCC1(c2ccccc2)CC1. The average Bonchev–Trinajstić information content (AvgIpc) is 3.52. The highest BCUT2D eigenvalue weighted by Crippen LogP contribution is 2.47. The number of benzene rings is 2. The van der Waals surface area contributed by atoms with E-state index in [1.54, 1.807) is 7.05 Å². The Balaban J connectivity index is 1.35. The highest BCUT2D eigenvalue weighted by molar-refractivity contribution is 5.94. The second-order valence-electron chi connectivity index (χ2n) is 6.97. The first kappa shape index (κ1) is 19.0. The van der Waals surface area contributed by atoms with Gasteiger partial charge >= 0.3 is 0 Å². The Hall–Kier alpha value is -2.82. The van der Waals surface area contributed by atoms with Gasteiger partial charge in [0, 0.05) is 37.7 Å². The molecule has 3 N–H and O–H groups in total. The third kappa shape index (κ3) is 5.33. The van der Waals surface area contributed by atoms with E-state index in [9.17, 15) is 4.79 Å². The summed E-state index contributed by atoms with van der Waals surface area (Å²) in [6.07, 6.45) is 3.27. The molecule has 0 unspecified atom stereocenters. The molecular formula is C22H28N4O. The maximum atomic E-state index is 12.0. The summed E-state index contributed by atoms with van der Waals surface area (Å²) in [5, 5.41) is 9.71. The summed E-state index contributed by atoms with van der Waals surface area (Å²) in [6.45, 7) is 2.28. The van der Waals surface area contributed by atoms with Gasteiger partial charge in [-0.05, 0) is 37.0 Å². The Kier molecular flexibility index (Phi) is 6.47. The molecule has 3 rings (SSSR count). The van der Waals surface area contributed by atoms with Gasteiger partial charge in [-0.2, -0.15) is 0 Å². The van der Waals surface area contributed by atoms with E-state index in [2.05, 4.69) is 51.3 Å². The van der Waals surface area contributed by atoms with Crippen LogP contribution in [0.25, 0.3) is 0 Å². The number of nitrogens with one attached hydrogen (secondary N) is 3. The Labute approximate surface area is 161 Å². The number of guanidine groups is 1. The lowest BCUT2D eigenvalue weighted by Crippen LogP contribution is -2.42. The molecule has 1 amide bonds. The van der Waals surface area contributed by atoms with Crippen LogP contribution in [0, 0.1) is 0 Å². The van der Waals surface area contributed by atoms with Crippen molar-refractivity contribution < 1.29 is 4.79 Å². The number of rotatable bonds is 8. The van der Waals surface area contributed by atoms with Crippen LogP contribution in [0.1, 0.15) is 35.2 Å². The number of hydrogen-bond donors (Lipinski definition) is 3. The summed E-state index contributed by atoms with van der Waals surface area (Å²) >= 11 is 0. The molecule has 0 heterocycles. The molecule has 2 aromatic rings. The van der Waals surface area contributed by atoms with Gasteiger partial charge in [0.2, 0.25) is 0 Å². The largest absolute Gasteiger partial charge is 0.356 e. The van der Waals surface area contributed by atoms with E-state index in [0.717, 1.165) is 25.5 Å². The molecule has 5 nitrogen and oxygen atoms in total. The van der Waals surface area contributed by atoms with Crippen molar-refractivity contribution in [3.63, 3.8) is 0 Å². The molecule has 1 aliphatic rings. The third-order valence-corrected chi connectivity index (χ3v) is 5.03. The molecule has 0 aromatic heterocycles. The molecule has 0 spiro atoms. The van der Waals surface area contributed by atoms with E-state index in [-0.39, 0.29) is 11.3 Å². The fourth-order valence-corrected chi connectivity index (χ4v) is 3.17. The van der Waals surface area contributed by atoms with Crippen molar-refractivity contribution in [2.24, 2.45) is 4.99 Å². The molecular weight excluding hydrogens is 336 g/mol. The van der Waals surface area contributed by atoms with Crippen molar-refractivity contribution >= 4 is 11.9 Å². The van der Waals surface area contributed by atoms with Crippen molar-refractivity contribution in [3.8, 4) is 0 Å². The highest BCUT2D eigenvalue weighted by Gasteiger charge is 2.43. The molecule has 2 aromatic carbocycles. The molecule has 0 aliphatic heterocycles. The average molecular weight is 364 g/mol. The number of hydrogen-bond acceptors (Lipinski definition) is 2. The minimum atomic E-state index is -0.0309. The Bertz CT molecular complexity index is 754. The molecule has 0 radical (unpaired) electrons. The van der Waals surface area contributed by atoms with E-state index in [1.807, 2.05) is 30.3 Å². The molecule has 5 heteroatoms. The number of aliphatic imine (C=N–C) groups is 1. The minimum absolute atomic E-state index is 0.0309. The Morgan fingerprint density at radius 2 is 1.56 bits per heavy atom. The predicted molar refractivity (Wildman–Crippen MR) is 110 cm³/mol. The quantitative estimate of drug-likeness (QED) is 0.383. The lowest BCUT2D eigenvalue weighted by atomic mass is 9.96. The molecule has 1 fully saturated rings. The van der Waals surface area contributed by atoms with Gasteiger partial charge in [0.1, 0.15) is 0 Å². The zero-order chi connectivity index (χ0) is 19.0. The molecule has 27 heavy (non-hydrogen) atoms. The predicted octanol–water partition coefficient (Wildman–Crippen LogP) is 2.70. The maximum absolute atomic E-state index is 12.0. The Morgan fingerprint density at radius 3 is 2.19 bits per heavy atom. The minimum Gasteiger partial charge on any atom is -0.356 e. The summed E-state index contributed by atoms with van der Waals surface area (Å²) in [5.74, 6) is 0.781. The van der Waals surface area contributed by atoms with Crippen LogP contribution in [0.5, 0.6) is 0 Å². The van der Waals surface area contributed by atoms with Gasteiger partial charge in [-0.1, -0.05) is 48.5 Å². The highest BCUT2D eigenvalue weighted by atomic mass is 16.1. The fourth-order valence-electron chi connectivity index (χ4n) is 3.17. The van der Waals surface area contributed by atoms with E-state index in [1.165, 1.54) is 18.4 Å². The zero-order valence-corrected chi connectivity index (χ0v) is 15.9. The topological polar surface area (TPSA) is 65.5 Å².